The molecule has 3 heteroatoms. The van der Waals surface area contributed by atoms with E-state index >= 15 is 0 Å². The lowest BCUT2D eigenvalue weighted by Gasteiger charge is -2.09. The third kappa shape index (κ3) is 4.50. The first-order valence-electron chi connectivity index (χ1n) is 18.8. The molecule has 0 unspecified atom stereocenters. The van der Waals surface area contributed by atoms with Gasteiger partial charge in [0.05, 0.1) is 22.1 Å². The smallest absolute Gasteiger partial charge is 0.137 e. The molecule has 55 heavy (non-hydrogen) atoms. The molecule has 3 aromatic heterocycles. The summed E-state index contributed by atoms with van der Waals surface area (Å²) in [6.45, 7) is 0. The molecule has 3 nitrogen and oxygen atoms in total. The Morgan fingerprint density at radius 2 is 0.818 bits per heavy atom. The van der Waals surface area contributed by atoms with Gasteiger partial charge in [-0.15, -0.1) is 0 Å². The molecule has 12 rings (SSSR count). The van der Waals surface area contributed by atoms with Crippen LogP contribution in [0.5, 0.6) is 0 Å². The van der Waals surface area contributed by atoms with Crippen molar-refractivity contribution in [1.82, 2.24) is 9.13 Å². The van der Waals surface area contributed by atoms with E-state index in [-0.39, 0.29) is 0 Å². The summed E-state index contributed by atoms with van der Waals surface area (Å²) in [6, 6.07) is 70.2. The van der Waals surface area contributed by atoms with Crippen LogP contribution in [0.1, 0.15) is 0 Å². The summed E-state index contributed by atoms with van der Waals surface area (Å²) in [5.74, 6) is 0. The number of aromatic nitrogens is 2. The molecule has 0 bridgehead atoms. The van der Waals surface area contributed by atoms with Crippen molar-refractivity contribution in [2.75, 3.05) is 0 Å². The van der Waals surface area contributed by atoms with Gasteiger partial charge in [0.15, 0.2) is 0 Å². The van der Waals surface area contributed by atoms with E-state index in [1.807, 2.05) is 0 Å². The predicted molar refractivity (Wildman–Crippen MR) is 231 cm³/mol. The number of furan rings is 1. The van der Waals surface area contributed by atoms with Gasteiger partial charge in [0.25, 0.3) is 0 Å². The van der Waals surface area contributed by atoms with Crippen LogP contribution in [0.15, 0.2) is 199 Å². The number of rotatable bonds is 4. The molecular formula is C52H32N2O. The Hall–Kier alpha value is -7.36. The lowest BCUT2D eigenvalue weighted by atomic mass is 9.98. The summed E-state index contributed by atoms with van der Waals surface area (Å²) in [5, 5.41) is 9.74. The Morgan fingerprint density at radius 3 is 1.47 bits per heavy atom. The second-order valence-corrected chi connectivity index (χ2v) is 14.5. The Labute approximate surface area is 316 Å². The van der Waals surface area contributed by atoms with Crippen molar-refractivity contribution in [3.05, 3.63) is 194 Å². The van der Waals surface area contributed by atoms with Crippen LogP contribution in [0.25, 0.3) is 110 Å². The van der Waals surface area contributed by atoms with Crippen molar-refractivity contribution in [3.8, 4) is 33.6 Å². The van der Waals surface area contributed by atoms with Gasteiger partial charge in [0.2, 0.25) is 0 Å². The van der Waals surface area contributed by atoms with Gasteiger partial charge in [-0.3, -0.25) is 0 Å². The standard InChI is InChI=1S/C52H32N2O/c1-2-11-38(12-3-1)53-46-16-8-6-14-41(46)44-30-36(22-27-48(44)53)33-18-20-34(21-19-33)37-23-28-49-45(31-37)42-15-7-9-17-47(42)54(49)39-25-26-43-51(32-39)55-50-29-24-35-10-4-5-13-40(35)52(43)50/h1-32H. The Bertz CT molecular complexity index is 3470. The van der Waals surface area contributed by atoms with E-state index in [4.69, 9.17) is 4.42 Å². The van der Waals surface area contributed by atoms with Gasteiger partial charge < -0.3 is 13.6 Å². The van der Waals surface area contributed by atoms with Crippen molar-refractivity contribution < 1.29 is 4.42 Å². The lowest BCUT2D eigenvalue weighted by Crippen LogP contribution is -1.93. The van der Waals surface area contributed by atoms with Gasteiger partial charge in [-0.25, -0.2) is 0 Å². The van der Waals surface area contributed by atoms with Crippen LogP contribution < -0.4 is 0 Å². The quantitative estimate of drug-likeness (QED) is 0.179. The first-order chi connectivity index (χ1) is 27.3. The molecule has 12 aromatic rings. The maximum atomic E-state index is 6.49. The molecule has 0 spiro atoms. The van der Waals surface area contributed by atoms with Crippen molar-refractivity contribution in [2.24, 2.45) is 0 Å². The highest BCUT2D eigenvalue weighted by Crippen LogP contribution is 2.40. The number of fused-ring (bicyclic) bond motifs is 11. The molecule has 0 aliphatic heterocycles. The van der Waals surface area contributed by atoms with Crippen LogP contribution in [0.2, 0.25) is 0 Å². The average molecular weight is 701 g/mol. The van der Waals surface area contributed by atoms with E-state index in [2.05, 4.69) is 203 Å². The molecule has 0 atom stereocenters. The minimum Gasteiger partial charge on any atom is -0.456 e. The van der Waals surface area contributed by atoms with Gasteiger partial charge in [-0.2, -0.15) is 0 Å². The zero-order chi connectivity index (χ0) is 36.0. The van der Waals surface area contributed by atoms with Crippen molar-refractivity contribution in [1.29, 1.82) is 0 Å². The third-order valence-electron chi connectivity index (χ3n) is 11.5. The maximum absolute atomic E-state index is 6.49. The third-order valence-corrected chi connectivity index (χ3v) is 11.5. The first-order valence-corrected chi connectivity index (χ1v) is 18.8. The predicted octanol–water partition coefficient (Wildman–Crippen LogP) is 14.3. The molecule has 0 fully saturated rings. The molecule has 3 heterocycles. The zero-order valence-corrected chi connectivity index (χ0v) is 29.8. The van der Waals surface area contributed by atoms with Crippen LogP contribution in [-0.4, -0.2) is 9.13 Å². The van der Waals surface area contributed by atoms with E-state index in [0.29, 0.717) is 0 Å². The maximum Gasteiger partial charge on any atom is 0.137 e. The van der Waals surface area contributed by atoms with Crippen molar-refractivity contribution in [2.45, 2.75) is 0 Å². The van der Waals surface area contributed by atoms with E-state index in [1.54, 1.807) is 0 Å². The monoisotopic (exact) mass is 700 g/mol. The van der Waals surface area contributed by atoms with Crippen molar-refractivity contribution in [3.63, 3.8) is 0 Å². The molecule has 0 amide bonds. The van der Waals surface area contributed by atoms with E-state index in [1.165, 1.54) is 87.7 Å². The first kappa shape index (κ1) is 30.1. The van der Waals surface area contributed by atoms with Gasteiger partial charge in [-0.1, -0.05) is 121 Å². The number of nitrogens with zero attached hydrogens (tertiary/aromatic N) is 2. The topological polar surface area (TPSA) is 23.0 Å². The molecule has 0 radical (unpaired) electrons. The summed E-state index contributed by atoms with van der Waals surface area (Å²) in [5.41, 5.74) is 13.7. The van der Waals surface area contributed by atoms with E-state index < -0.39 is 0 Å². The SMILES string of the molecule is c1ccc(-n2c3ccccc3c3cc(-c4ccc(-c5ccc6c(c5)c5ccccc5n6-c5ccc6c(c5)oc5ccc7ccccc7c56)cc4)ccc32)cc1. The average Bonchev–Trinajstić information content (AvgIpc) is 3.91. The fourth-order valence-electron chi connectivity index (χ4n) is 8.97. The number of benzene rings is 9. The van der Waals surface area contributed by atoms with Crippen LogP contribution in [0.3, 0.4) is 0 Å². The largest absolute Gasteiger partial charge is 0.456 e. The van der Waals surface area contributed by atoms with Gasteiger partial charge in [-0.05, 0) is 99.8 Å². The fraction of sp³-hybridized carbons (Fsp3) is 0. The highest BCUT2D eigenvalue weighted by atomic mass is 16.3. The second-order valence-electron chi connectivity index (χ2n) is 14.5. The highest BCUT2D eigenvalue weighted by Gasteiger charge is 2.17. The van der Waals surface area contributed by atoms with Gasteiger partial charge in [0, 0.05) is 49.8 Å². The zero-order valence-electron chi connectivity index (χ0n) is 29.8. The molecule has 256 valence electrons. The Kier molecular flexibility index (Phi) is 6.34. The van der Waals surface area contributed by atoms with E-state index in [9.17, 15) is 0 Å². The van der Waals surface area contributed by atoms with Crippen molar-refractivity contribution >= 4 is 76.3 Å². The van der Waals surface area contributed by atoms with Gasteiger partial charge in [0.1, 0.15) is 11.2 Å². The summed E-state index contributed by atoms with van der Waals surface area (Å²) in [6.07, 6.45) is 0. The molecule has 0 aliphatic carbocycles. The second kappa shape index (κ2) is 11.6. The summed E-state index contributed by atoms with van der Waals surface area (Å²) >= 11 is 0. The fourth-order valence-corrected chi connectivity index (χ4v) is 8.97. The normalized spacial score (nSPS) is 12.0. The molecule has 0 saturated carbocycles. The van der Waals surface area contributed by atoms with Gasteiger partial charge >= 0.3 is 0 Å². The van der Waals surface area contributed by atoms with Crippen LogP contribution in [-0.2, 0) is 0 Å². The minimum atomic E-state index is 0.896. The number of hydrogen-bond acceptors (Lipinski definition) is 1. The minimum absolute atomic E-state index is 0.896. The summed E-state index contributed by atoms with van der Waals surface area (Å²) < 4.78 is 11.2. The summed E-state index contributed by atoms with van der Waals surface area (Å²) in [4.78, 5) is 0. The Balaban J connectivity index is 0.937. The van der Waals surface area contributed by atoms with E-state index in [0.717, 1.165) is 22.2 Å². The molecule has 0 saturated heterocycles. The molecule has 0 aliphatic rings. The van der Waals surface area contributed by atoms with Crippen LogP contribution >= 0.6 is 0 Å². The Morgan fingerprint density at radius 1 is 0.291 bits per heavy atom. The van der Waals surface area contributed by atoms with Crippen LogP contribution in [0.4, 0.5) is 0 Å². The van der Waals surface area contributed by atoms with Crippen LogP contribution in [0, 0.1) is 0 Å². The number of para-hydroxylation sites is 3. The molecule has 9 aromatic carbocycles. The highest BCUT2D eigenvalue weighted by molar-refractivity contribution is 6.19. The number of hydrogen-bond donors (Lipinski definition) is 0. The summed E-state index contributed by atoms with van der Waals surface area (Å²) in [7, 11) is 0. The molecular weight excluding hydrogens is 669 g/mol. The molecule has 0 N–H and O–H groups in total. The lowest BCUT2D eigenvalue weighted by molar-refractivity contribution is 0.669.